The number of benzene rings is 1. The molecule has 1 unspecified atom stereocenters. The average molecular weight is 308 g/mol. The van der Waals surface area contributed by atoms with E-state index in [0.29, 0.717) is 19.6 Å². The minimum atomic E-state index is -0.344. The lowest BCUT2D eigenvalue weighted by Gasteiger charge is -2.09. The Morgan fingerprint density at radius 1 is 1.33 bits per heavy atom. The number of hydrogen-bond donors (Lipinski definition) is 2. The SMILES string of the molecule is Cc1nn(Cc2ccccc2Cl)c(C)c1CNCC(C)O. The van der Waals surface area contributed by atoms with Crippen LogP contribution in [0.25, 0.3) is 0 Å². The van der Waals surface area contributed by atoms with Gasteiger partial charge in [-0.1, -0.05) is 29.8 Å². The van der Waals surface area contributed by atoms with E-state index in [9.17, 15) is 5.11 Å². The summed E-state index contributed by atoms with van der Waals surface area (Å²) in [5.41, 5.74) is 4.39. The molecule has 1 aromatic heterocycles. The summed E-state index contributed by atoms with van der Waals surface area (Å²) in [5.74, 6) is 0. The maximum Gasteiger partial charge on any atom is 0.0677 e. The van der Waals surface area contributed by atoms with Crippen LogP contribution in [-0.4, -0.2) is 27.5 Å². The van der Waals surface area contributed by atoms with E-state index in [4.69, 9.17) is 11.6 Å². The second kappa shape index (κ2) is 7.07. The van der Waals surface area contributed by atoms with E-state index in [0.717, 1.165) is 22.0 Å². The van der Waals surface area contributed by atoms with Crippen LogP contribution in [0.4, 0.5) is 0 Å². The third-order valence-electron chi connectivity index (χ3n) is 3.55. The molecule has 1 atom stereocenters. The lowest BCUT2D eigenvalue weighted by molar-refractivity contribution is 0.191. The predicted molar refractivity (Wildman–Crippen MR) is 85.6 cm³/mol. The monoisotopic (exact) mass is 307 g/mol. The van der Waals surface area contributed by atoms with Crippen molar-refractivity contribution in [1.29, 1.82) is 0 Å². The molecule has 0 aliphatic heterocycles. The van der Waals surface area contributed by atoms with Crippen molar-refractivity contribution < 1.29 is 5.11 Å². The molecule has 1 heterocycles. The van der Waals surface area contributed by atoms with Gasteiger partial charge in [0.1, 0.15) is 0 Å². The largest absolute Gasteiger partial charge is 0.392 e. The molecule has 114 valence electrons. The quantitative estimate of drug-likeness (QED) is 0.862. The molecule has 0 fully saturated rings. The van der Waals surface area contributed by atoms with E-state index < -0.39 is 0 Å². The summed E-state index contributed by atoms with van der Waals surface area (Å²) in [6.45, 7) is 7.81. The first-order chi connectivity index (χ1) is 9.99. The fourth-order valence-corrected chi connectivity index (χ4v) is 2.53. The van der Waals surface area contributed by atoms with Gasteiger partial charge in [0.05, 0.1) is 18.3 Å². The van der Waals surface area contributed by atoms with Crippen molar-refractivity contribution in [1.82, 2.24) is 15.1 Å². The Morgan fingerprint density at radius 2 is 2.05 bits per heavy atom. The summed E-state index contributed by atoms with van der Waals surface area (Å²) in [6.07, 6.45) is -0.344. The number of aryl methyl sites for hydroxylation is 1. The highest BCUT2D eigenvalue weighted by Crippen LogP contribution is 2.19. The lowest BCUT2D eigenvalue weighted by Crippen LogP contribution is -2.24. The highest BCUT2D eigenvalue weighted by atomic mass is 35.5. The highest BCUT2D eigenvalue weighted by molar-refractivity contribution is 6.31. The maximum atomic E-state index is 9.30. The number of nitrogens with one attached hydrogen (secondary N) is 1. The fourth-order valence-electron chi connectivity index (χ4n) is 2.34. The molecule has 0 aliphatic rings. The van der Waals surface area contributed by atoms with Gasteiger partial charge in [0, 0.05) is 29.4 Å². The third kappa shape index (κ3) is 4.06. The van der Waals surface area contributed by atoms with E-state index in [-0.39, 0.29) is 6.10 Å². The number of rotatable bonds is 6. The molecule has 2 N–H and O–H groups in total. The Bertz CT molecular complexity index is 608. The van der Waals surface area contributed by atoms with Crippen LogP contribution in [0.1, 0.15) is 29.4 Å². The number of aliphatic hydroxyl groups is 1. The van der Waals surface area contributed by atoms with Crippen molar-refractivity contribution in [3.63, 3.8) is 0 Å². The van der Waals surface area contributed by atoms with Gasteiger partial charge < -0.3 is 10.4 Å². The van der Waals surface area contributed by atoms with E-state index in [1.54, 1.807) is 6.92 Å². The van der Waals surface area contributed by atoms with Crippen LogP contribution in [0.15, 0.2) is 24.3 Å². The molecule has 1 aromatic carbocycles. The Morgan fingerprint density at radius 3 is 2.71 bits per heavy atom. The van der Waals surface area contributed by atoms with Crippen LogP contribution in [0.2, 0.25) is 5.02 Å². The first-order valence-corrected chi connectivity index (χ1v) is 7.52. The first kappa shape index (κ1) is 16.0. The van der Waals surface area contributed by atoms with Gasteiger partial charge in [0.15, 0.2) is 0 Å². The summed E-state index contributed by atoms with van der Waals surface area (Å²) in [5, 5.41) is 17.9. The molecule has 0 saturated heterocycles. The molecule has 21 heavy (non-hydrogen) atoms. The second-order valence-corrected chi connectivity index (χ2v) is 5.79. The number of hydrogen-bond acceptors (Lipinski definition) is 3. The summed E-state index contributed by atoms with van der Waals surface area (Å²) >= 11 is 6.21. The van der Waals surface area contributed by atoms with Crippen LogP contribution in [-0.2, 0) is 13.1 Å². The molecule has 0 aliphatic carbocycles. The minimum Gasteiger partial charge on any atom is -0.392 e. The van der Waals surface area contributed by atoms with Crippen LogP contribution < -0.4 is 5.32 Å². The van der Waals surface area contributed by atoms with Crippen molar-refractivity contribution in [3.8, 4) is 0 Å². The Hall–Kier alpha value is -1.36. The van der Waals surface area contributed by atoms with Crippen molar-refractivity contribution in [3.05, 3.63) is 51.8 Å². The van der Waals surface area contributed by atoms with Gasteiger partial charge in [0.25, 0.3) is 0 Å². The zero-order valence-electron chi connectivity index (χ0n) is 12.7. The van der Waals surface area contributed by atoms with Gasteiger partial charge >= 0.3 is 0 Å². The summed E-state index contributed by atoms with van der Waals surface area (Å²) < 4.78 is 1.98. The average Bonchev–Trinajstić information content (AvgIpc) is 2.68. The lowest BCUT2D eigenvalue weighted by atomic mass is 10.2. The fraction of sp³-hybridized carbons (Fsp3) is 0.438. The van der Waals surface area contributed by atoms with Crippen molar-refractivity contribution in [2.24, 2.45) is 0 Å². The van der Waals surface area contributed by atoms with Gasteiger partial charge in [-0.25, -0.2) is 0 Å². The minimum absolute atomic E-state index is 0.344. The van der Waals surface area contributed by atoms with Crippen molar-refractivity contribution >= 4 is 11.6 Å². The normalized spacial score (nSPS) is 12.6. The molecule has 2 rings (SSSR count). The molecule has 0 spiro atoms. The van der Waals surface area contributed by atoms with Gasteiger partial charge in [-0.2, -0.15) is 5.10 Å². The zero-order valence-corrected chi connectivity index (χ0v) is 13.5. The van der Waals surface area contributed by atoms with E-state index in [2.05, 4.69) is 17.3 Å². The van der Waals surface area contributed by atoms with Crippen molar-refractivity contribution in [2.75, 3.05) is 6.54 Å². The van der Waals surface area contributed by atoms with Crippen LogP contribution in [0.5, 0.6) is 0 Å². The Balaban J connectivity index is 2.13. The highest BCUT2D eigenvalue weighted by Gasteiger charge is 2.12. The standard InChI is InChI=1S/C16H22ClN3O/c1-11(21)8-18-9-15-12(2)19-20(13(15)3)10-14-6-4-5-7-16(14)17/h4-7,11,18,21H,8-10H2,1-3H3. The molecule has 5 heteroatoms. The maximum absolute atomic E-state index is 9.30. The van der Waals surface area contributed by atoms with Crippen LogP contribution in [0, 0.1) is 13.8 Å². The van der Waals surface area contributed by atoms with Gasteiger partial charge in [-0.05, 0) is 32.4 Å². The summed E-state index contributed by atoms with van der Waals surface area (Å²) in [6, 6.07) is 7.83. The van der Waals surface area contributed by atoms with Gasteiger partial charge in [-0.3, -0.25) is 4.68 Å². The van der Waals surface area contributed by atoms with Crippen molar-refractivity contribution in [2.45, 2.75) is 40.0 Å². The summed E-state index contributed by atoms with van der Waals surface area (Å²) in [7, 11) is 0. The molecular weight excluding hydrogens is 286 g/mol. The van der Waals surface area contributed by atoms with E-state index in [1.165, 1.54) is 5.56 Å². The molecule has 0 radical (unpaired) electrons. The smallest absolute Gasteiger partial charge is 0.0677 e. The van der Waals surface area contributed by atoms with Gasteiger partial charge in [-0.15, -0.1) is 0 Å². The van der Waals surface area contributed by atoms with E-state index in [1.807, 2.05) is 35.9 Å². The first-order valence-electron chi connectivity index (χ1n) is 7.14. The molecule has 4 nitrogen and oxygen atoms in total. The van der Waals surface area contributed by atoms with Gasteiger partial charge in [0.2, 0.25) is 0 Å². The van der Waals surface area contributed by atoms with Crippen LogP contribution >= 0.6 is 11.6 Å². The molecule has 2 aromatic rings. The number of halogens is 1. The predicted octanol–water partition coefficient (Wildman–Crippen LogP) is 2.67. The second-order valence-electron chi connectivity index (χ2n) is 5.38. The molecule has 0 saturated carbocycles. The van der Waals surface area contributed by atoms with Crippen LogP contribution in [0.3, 0.4) is 0 Å². The molecular formula is C16H22ClN3O. The Kier molecular flexibility index (Phi) is 5.39. The topological polar surface area (TPSA) is 50.1 Å². The molecule has 0 amide bonds. The Labute approximate surface area is 130 Å². The number of nitrogens with zero attached hydrogens (tertiary/aromatic N) is 2. The third-order valence-corrected chi connectivity index (χ3v) is 3.92. The number of aliphatic hydroxyl groups excluding tert-OH is 1. The number of aromatic nitrogens is 2. The summed E-state index contributed by atoms with van der Waals surface area (Å²) in [4.78, 5) is 0. The zero-order chi connectivity index (χ0) is 15.4. The molecule has 0 bridgehead atoms. The van der Waals surface area contributed by atoms with E-state index >= 15 is 0 Å².